The van der Waals surface area contributed by atoms with Crippen molar-refractivity contribution in [1.29, 1.82) is 0 Å². The van der Waals surface area contributed by atoms with E-state index in [0.717, 1.165) is 6.07 Å². The van der Waals surface area contributed by atoms with E-state index in [1.165, 1.54) is 19.1 Å². The van der Waals surface area contributed by atoms with Crippen LogP contribution in [0.1, 0.15) is 18.7 Å². The van der Waals surface area contributed by atoms with Crippen LogP contribution in [0, 0.1) is 0 Å². The first-order valence-electron chi connectivity index (χ1n) is 3.70. The standard InChI is InChI=1S/C8H9NO4S.K.H/c1-5(10)7-4-6(9)2-3-8(7)14(11,12)13;;/h2-4H,9H2,1H3,(H,11,12,13);;/q;+1;-1. The Bertz CT molecular complexity index is 489. The van der Waals surface area contributed by atoms with E-state index in [1.807, 2.05) is 0 Å². The van der Waals surface area contributed by atoms with E-state index in [0.29, 0.717) is 0 Å². The Labute approximate surface area is 132 Å². The molecule has 0 saturated carbocycles. The second-order valence-electron chi connectivity index (χ2n) is 2.79. The largest absolute Gasteiger partial charge is 1.00 e. The Morgan fingerprint density at radius 2 is 2.00 bits per heavy atom. The van der Waals surface area contributed by atoms with E-state index in [-0.39, 0.29) is 64.1 Å². The van der Waals surface area contributed by atoms with Crippen LogP contribution in [0.5, 0.6) is 0 Å². The minimum atomic E-state index is -4.37. The molecule has 3 N–H and O–H groups in total. The quantitative estimate of drug-likeness (QED) is 0.271. The van der Waals surface area contributed by atoms with Gasteiger partial charge in [-0.3, -0.25) is 9.35 Å². The van der Waals surface area contributed by atoms with Gasteiger partial charge in [0.15, 0.2) is 5.78 Å². The molecule has 5 nitrogen and oxygen atoms in total. The molecular formula is C8H10KNO4S. The van der Waals surface area contributed by atoms with Crippen LogP contribution in [0.2, 0.25) is 0 Å². The molecule has 1 aromatic rings. The molecule has 0 unspecified atom stereocenters. The zero-order chi connectivity index (χ0) is 10.9. The summed E-state index contributed by atoms with van der Waals surface area (Å²) in [4.78, 5) is 10.6. The van der Waals surface area contributed by atoms with Gasteiger partial charge in [0.05, 0.1) is 0 Å². The summed E-state index contributed by atoms with van der Waals surface area (Å²) in [6.45, 7) is 1.20. The molecule has 0 atom stereocenters. The Morgan fingerprint density at radius 1 is 1.47 bits per heavy atom. The first-order chi connectivity index (χ1) is 6.32. The second-order valence-corrected chi connectivity index (χ2v) is 4.18. The second kappa shape index (κ2) is 5.53. The fraction of sp³-hybridized carbons (Fsp3) is 0.125. The summed E-state index contributed by atoms with van der Waals surface area (Å²) >= 11 is 0. The van der Waals surface area contributed by atoms with Gasteiger partial charge in [0, 0.05) is 11.3 Å². The predicted octanol–water partition coefficient (Wildman–Crippen LogP) is -2.17. The number of nitrogen functional groups attached to an aromatic ring is 1. The third-order valence-electron chi connectivity index (χ3n) is 1.66. The van der Waals surface area contributed by atoms with Crippen molar-refractivity contribution in [3.8, 4) is 0 Å². The third-order valence-corrected chi connectivity index (χ3v) is 2.57. The smallest absolute Gasteiger partial charge is 1.00 e. The van der Waals surface area contributed by atoms with E-state index in [2.05, 4.69) is 0 Å². The number of nitrogens with two attached hydrogens (primary N) is 1. The normalized spacial score (nSPS) is 10.5. The number of carbonyl (C=O) groups is 1. The zero-order valence-corrected chi connectivity index (χ0v) is 12.3. The molecule has 0 saturated heterocycles. The topological polar surface area (TPSA) is 97.5 Å². The first-order valence-corrected chi connectivity index (χ1v) is 5.14. The summed E-state index contributed by atoms with van der Waals surface area (Å²) in [5, 5.41) is 0. The van der Waals surface area contributed by atoms with Crippen molar-refractivity contribution in [1.82, 2.24) is 0 Å². The maximum Gasteiger partial charge on any atom is 1.00 e. The van der Waals surface area contributed by atoms with Gasteiger partial charge in [-0.25, -0.2) is 0 Å². The molecule has 0 aliphatic carbocycles. The molecule has 0 aliphatic heterocycles. The number of rotatable bonds is 2. The maximum absolute atomic E-state index is 11.0. The van der Waals surface area contributed by atoms with Gasteiger partial charge in [-0.05, 0) is 25.1 Å². The Kier molecular flexibility index (Phi) is 5.62. The number of anilines is 1. The molecule has 0 spiro atoms. The summed E-state index contributed by atoms with van der Waals surface area (Å²) in [7, 11) is -4.37. The van der Waals surface area contributed by atoms with Gasteiger partial charge in [0.25, 0.3) is 10.1 Å². The van der Waals surface area contributed by atoms with E-state index in [1.54, 1.807) is 0 Å². The van der Waals surface area contributed by atoms with E-state index < -0.39 is 20.8 Å². The predicted molar refractivity (Wildman–Crippen MR) is 51.8 cm³/mol. The monoisotopic (exact) mass is 255 g/mol. The minimum absolute atomic E-state index is 0. The molecule has 1 aromatic carbocycles. The van der Waals surface area contributed by atoms with E-state index >= 15 is 0 Å². The molecule has 0 heterocycles. The van der Waals surface area contributed by atoms with Crippen LogP contribution in [0.15, 0.2) is 23.1 Å². The van der Waals surface area contributed by atoms with Crippen molar-refractivity contribution in [2.24, 2.45) is 0 Å². The van der Waals surface area contributed by atoms with Crippen LogP contribution in [0.25, 0.3) is 0 Å². The van der Waals surface area contributed by atoms with Gasteiger partial charge >= 0.3 is 51.4 Å². The van der Waals surface area contributed by atoms with Crippen LogP contribution in [-0.2, 0) is 10.1 Å². The molecule has 0 amide bonds. The Hall–Kier alpha value is 0.236. The molecule has 0 fully saturated rings. The molecule has 78 valence electrons. The fourth-order valence-electron chi connectivity index (χ4n) is 1.05. The van der Waals surface area contributed by atoms with Crippen LogP contribution < -0.4 is 57.1 Å². The van der Waals surface area contributed by atoms with E-state index in [4.69, 9.17) is 10.3 Å². The van der Waals surface area contributed by atoms with Crippen molar-refractivity contribution in [2.75, 3.05) is 5.73 Å². The van der Waals surface area contributed by atoms with Crippen LogP contribution in [-0.4, -0.2) is 18.8 Å². The molecule has 15 heavy (non-hydrogen) atoms. The van der Waals surface area contributed by atoms with Gasteiger partial charge in [0.1, 0.15) is 4.90 Å². The molecule has 0 bridgehead atoms. The molecule has 7 heteroatoms. The molecular weight excluding hydrogens is 245 g/mol. The Morgan fingerprint density at radius 3 is 2.40 bits per heavy atom. The zero-order valence-electron chi connectivity index (χ0n) is 9.39. The van der Waals surface area contributed by atoms with E-state index in [9.17, 15) is 13.2 Å². The number of hydrogen-bond donors (Lipinski definition) is 2. The van der Waals surface area contributed by atoms with Gasteiger partial charge in [-0.15, -0.1) is 0 Å². The third kappa shape index (κ3) is 3.95. The van der Waals surface area contributed by atoms with Crippen molar-refractivity contribution >= 4 is 21.6 Å². The summed E-state index contributed by atoms with van der Waals surface area (Å²) in [5.41, 5.74) is 5.54. The SMILES string of the molecule is CC(=O)c1cc(N)ccc1S(=O)(=O)O.[H-].[K+]. The fourth-order valence-corrected chi connectivity index (χ4v) is 1.77. The average Bonchev–Trinajstić information content (AvgIpc) is 2.01. The van der Waals surface area contributed by atoms with Crippen LogP contribution in [0.3, 0.4) is 0 Å². The van der Waals surface area contributed by atoms with Gasteiger partial charge in [0.2, 0.25) is 0 Å². The van der Waals surface area contributed by atoms with Crippen molar-refractivity contribution < 1.29 is 70.6 Å². The summed E-state index contributed by atoms with van der Waals surface area (Å²) < 4.78 is 30.5. The molecule has 0 aliphatic rings. The number of benzene rings is 1. The summed E-state index contributed by atoms with van der Waals surface area (Å²) in [6.07, 6.45) is 0. The van der Waals surface area contributed by atoms with Crippen molar-refractivity contribution in [3.05, 3.63) is 23.8 Å². The number of Topliss-reactive ketones (excluding diaryl/α,β-unsaturated/α-hetero) is 1. The van der Waals surface area contributed by atoms with Gasteiger partial charge in [-0.2, -0.15) is 8.42 Å². The maximum atomic E-state index is 11.0. The molecule has 0 radical (unpaired) electrons. The first kappa shape index (κ1) is 15.2. The van der Waals surface area contributed by atoms with Crippen LogP contribution >= 0.6 is 0 Å². The summed E-state index contributed by atoms with van der Waals surface area (Å²) in [5.74, 6) is -0.468. The van der Waals surface area contributed by atoms with Crippen molar-refractivity contribution in [2.45, 2.75) is 11.8 Å². The minimum Gasteiger partial charge on any atom is -1.00 e. The molecule has 1 rings (SSSR count). The van der Waals surface area contributed by atoms with Crippen LogP contribution in [0.4, 0.5) is 5.69 Å². The molecule has 0 aromatic heterocycles. The number of hydrogen-bond acceptors (Lipinski definition) is 4. The average molecular weight is 255 g/mol. The van der Waals surface area contributed by atoms with Gasteiger partial charge in [-0.1, -0.05) is 0 Å². The number of carbonyl (C=O) groups excluding carboxylic acids is 1. The van der Waals surface area contributed by atoms with Gasteiger partial charge < -0.3 is 7.16 Å². The van der Waals surface area contributed by atoms with Crippen molar-refractivity contribution in [3.63, 3.8) is 0 Å². The Balaban J connectivity index is 0. The number of ketones is 1. The summed E-state index contributed by atoms with van der Waals surface area (Å²) in [6, 6.07) is 3.61.